The Hall–Kier alpha value is -1.67. The molecule has 0 aliphatic carbocycles. The molecule has 1 unspecified atom stereocenters. The van der Waals surface area contributed by atoms with E-state index in [2.05, 4.69) is 52.7 Å². The minimum absolute atomic E-state index is 0.365. The number of benzene rings is 2. The first-order valence-electron chi connectivity index (χ1n) is 7.20. The van der Waals surface area contributed by atoms with Crippen LogP contribution in [0, 0.1) is 0 Å². The normalized spacial score (nSPS) is 20.2. The van der Waals surface area contributed by atoms with E-state index in [-0.39, 0.29) is 0 Å². The van der Waals surface area contributed by atoms with Gasteiger partial charge >= 0.3 is 0 Å². The smallest absolute Gasteiger partial charge is 0.0636 e. The van der Waals surface area contributed by atoms with E-state index in [0.29, 0.717) is 6.04 Å². The van der Waals surface area contributed by atoms with Gasteiger partial charge in [0.05, 0.1) is 17.4 Å². The van der Waals surface area contributed by atoms with E-state index in [1.807, 2.05) is 0 Å². The Balaban J connectivity index is 1.76. The van der Waals surface area contributed by atoms with Gasteiger partial charge in [0.15, 0.2) is 0 Å². The van der Waals surface area contributed by atoms with Gasteiger partial charge in [-0.05, 0) is 36.1 Å². The summed E-state index contributed by atoms with van der Waals surface area (Å²) in [7, 11) is 0. The van der Waals surface area contributed by atoms with Crippen molar-refractivity contribution in [3.8, 4) is 0 Å². The van der Waals surface area contributed by atoms with Crippen LogP contribution in [0.2, 0.25) is 5.02 Å². The molecular formula is C17H17ClN2. The van der Waals surface area contributed by atoms with Gasteiger partial charge in [-0.3, -0.25) is 0 Å². The largest absolute Gasteiger partial charge is 0.376 e. The number of nitrogens with one attached hydrogen (secondary N) is 1. The van der Waals surface area contributed by atoms with Crippen molar-refractivity contribution in [2.75, 3.05) is 23.3 Å². The molecule has 0 amide bonds. The lowest BCUT2D eigenvalue weighted by atomic mass is 10.0. The Kier molecular flexibility index (Phi) is 2.85. The highest BCUT2D eigenvalue weighted by atomic mass is 35.5. The number of halogens is 1. The SMILES string of the molecule is Clc1cc2c3c(c1)NC(c1ccccc1)CCN3CC2. The highest BCUT2D eigenvalue weighted by Gasteiger charge is 2.28. The average molecular weight is 285 g/mol. The van der Waals surface area contributed by atoms with Crippen LogP contribution in [0.5, 0.6) is 0 Å². The Morgan fingerprint density at radius 2 is 1.95 bits per heavy atom. The second-order valence-electron chi connectivity index (χ2n) is 5.59. The molecule has 0 saturated carbocycles. The van der Waals surface area contributed by atoms with Gasteiger partial charge < -0.3 is 10.2 Å². The summed E-state index contributed by atoms with van der Waals surface area (Å²) < 4.78 is 0. The van der Waals surface area contributed by atoms with Crippen LogP contribution in [0.3, 0.4) is 0 Å². The van der Waals surface area contributed by atoms with E-state index < -0.39 is 0 Å². The van der Waals surface area contributed by atoms with Crippen LogP contribution in [0.1, 0.15) is 23.6 Å². The van der Waals surface area contributed by atoms with Gasteiger partial charge in [-0.2, -0.15) is 0 Å². The first-order chi connectivity index (χ1) is 9.81. The molecule has 2 aromatic carbocycles. The fourth-order valence-electron chi connectivity index (χ4n) is 3.40. The van der Waals surface area contributed by atoms with Crippen LogP contribution in [-0.4, -0.2) is 13.1 Å². The molecule has 0 saturated heterocycles. The Morgan fingerprint density at radius 3 is 2.80 bits per heavy atom. The number of anilines is 2. The summed E-state index contributed by atoms with van der Waals surface area (Å²) in [5.74, 6) is 0. The predicted octanol–water partition coefficient (Wildman–Crippen LogP) is 4.26. The Bertz CT molecular complexity index is 639. The van der Waals surface area contributed by atoms with E-state index in [1.54, 1.807) is 0 Å². The van der Waals surface area contributed by atoms with Gasteiger partial charge in [0.1, 0.15) is 0 Å². The number of hydrogen-bond acceptors (Lipinski definition) is 2. The maximum atomic E-state index is 6.27. The summed E-state index contributed by atoms with van der Waals surface area (Å²) in [4.78, 5) is 2.50. The van der Waals surface area contributed by atoms with Crippen molar-refractivity contribution in [1.29, 1.82) is 0 Å². The zero-order valence-electron chi connectivity index (χ0n) is 11.3. The van der Waals surface area contributed by atoms with Gasteiger partial charge in [-0.15, -0.1) is 0 Å². The summed E-state index contributed by atoms with van der Waals surface area (Å²) in [6, 6.07) is 15.2. The Labute approximate surface area is 124 Å². The van der Waals surface area contributed by atoms with E-state index in [1.165, 1.54) is 22.5 Å². The predicted molar refractivity (Wildman–Crippen MR) is 84.8 cm³/mol. The lowest BCUT2D eigenvalue weighted by Gasteiger charge is -2.18. The second kappa shape index (κ2) is 4.71. The molecule has 1 N–H and O–H groups in total. The lowest BCUT2D eigenvalue weighted by Crippen LogP contribution is -2.21. The quantitative estimate of drug-likeness (QED) is 0.842. The van der Waals surface area contributed by atoms with Crippen molar-refractivity contribution in [3.63, 3.8) is 0 Å². The maximum Gasteiger partial charge on any atom is 0.0636 e. The second-order valence-corrected chi connectivity index (χ2v) is 6.03. The monoisotopic (exact) mass is 284 g/mol. The van der Waals surface area contributed by atoms with Crippen LogP contribution in [-0.2, 0) is 6.42 Å². The minimum atomic E-state index is 0.365. The van der Waals surface area contributed by atoms with Crippen molar-refractivity contribution >= 4 is 23.0 Å². The van der Waals surface area contributed by atoms with Gasteiger partial charge in [-0.1, -0.05) is 41.9 Å². The molecule has 2 nitrogen and oxygen atoms in total. The summed E-state index contributed by atoms with van der Waals surface area (Å²) in [5.41, 5.74) is 5.29. The van der Waals surface area contributed by atoms with E-state index in [9.17, 15) is 0 Å². The molecule has 0 spiro atoms. The molecule has 2 heterocycles. The lowest BCUT2D eigenvalue weighted by molar-refractivity contribution is 0.682. The molecule has 0 radical (unpaired) electrons. The fraction of sp³-hybridized carbons (Fsp3) is 0.294. The highest BCUT2D eigenvalue weighted by molar-refractivity contribution is 6.31. The van der Waals surface area contributed by atoms with Gasteiger partial charge in [-0.25, -0.2) is 0 Å². The summed E-state index contributed by atoms with van der Waals surface area (Å²) in [6.45, 7) is 2.22. The molecule has 4 rings (SSSR count). The van der Waals surface area contributed by atoms with Crippen molar-refractivity contribution in [3.05, 3.63) is 58.6 Å². The maximum absolute atomic E-state index is 6.27. The van der Waals surface area contributed by atoms with Crippen LogP contribution in [0.15, 0.2) is 42.5 Å². The number of rotatable bonds is 1. The third-order valence-electron chi connectivity index (χ3n) is 4.34. The van der Waals surface area contributed by atoms with Crippen LogP contribution in [0.25, 0.3) is 0 Å². The number of hydrogen-bond donors (Lipinski definition) is 1. The third kappa shape index (κ3) is 1.95. The molecular weight excluding hydrogens is 268 g/mol. The minimum Gasteiger partial charge on any atom is -0.376 e. The van der Waals surface area contributed by atoms with Gasteiger partial charge in [0.25, 0.3) is 0 Å². The first-order valence-corrected chi connectivity index (χ1v) is 7.58. The standard InChI is InChI=1S/C17H17ClN2/c18-14-10-13-6-8-20-9-7-15(12-4-2-1-3-5-12)19-16(11-14)17(13)20/h1-5,10-11,15,19H,6-9H2. The zero-order valence-corrected chi connectivity index (χ0v) is 12.0. The Morgan fingerprint density at radius 1 is 1.10 bits per heavy atom. The molecule has 0 aromatic heterocycles. The van der Waals surface area contributed by atoms with E-state index in [4.69, 9.17) is 11.6 Å². The first kappa shape index (κ1) is 12.1. The number of nitrogens with zero attached hydrogens (tertiary/aromatic N) is 1. The molecule has 2 aliphatic heterocycles. The summed E-state index contributed by atoms with van der Waals surface area (Å²) >= 11 is 6.27. The van der Waals surface area contributed by atoms with E-state index in [0.717, 1.165) is 31.0 Å². The molecule has 1 atom stereocenters. The fourth-order valence-corrected chi connectivity index (χ4v) is 3.64. The molecule has 20 heavy (non-hydrogen) atoms. The molecule has 3 heteroatoms. The molecule has 2 aromatic rings. The van der Waals surface area contributed by atoms with E-state index >= 15 is 0 Å². The highest BCUT2D eigenvalue weighted by Crippen LogP contribution is 2.42. The van der Waals surface area contributed by atoms with Crippen LogP contribution in [0.4, 0.5) is 11.4 Å². The van der Waals surface area contributed by atoms with Crippen LogP contribution < -0.4 is 10.2 Å². The molecule has 0 fully saturated rings. The van der Waals surface area contributed by atoms with Crippen molar-refractivity contribution in [1.82, 2.24) is 0 Å². The molecule has 102 valence electrons. The summed E-state index contributed by atoms with van der Waals surface area (Å²) in [5, 5.41) is 4.54. The zero-order chi connectivity index (χ0) is 13.5. The van der Waals surface area contributed by atoms with Crippen LogP contribution >= 0.6 is 11.6 Å². The topological polar surface area (TPSA) is 15.3 Å². The third-order valence-corrected chi connectivity index (χ3v) is 4.56. The van der Waals surface area contributed by atoms with Crippen molar-refractivity contribution < 1.29 is 0 Å². The summed E-state index contributed by atoms with van der Waals surface area (Å²) in [6.07, 6.45) is 2.23. The molecule has 2 aliphatic rings. The van der Waals surface area contributed by atoms with Gasteiger partial charge in [0, 0.05) is 18.1 Å². The van der Waals surface area contributed by atoms with Gasteiger partial charge in [0.2, 0.25) is 0 Å². The molecule has 0 bridgehead atoms. The van der Waals surface area contributed by atoms with Crippen molar-refractivity contribution in [2.45, 2.75) is 18.9 Å². The average Bonchev–Trinajstić information content (AvgIpc) is 2.77. The van der Waals surface area contributed by atoms with Crippen molar-refractivity contribution in [2.24, 2.45) is 0 Å².